The van der Waals surface area contributed by atoms with Gasteiger partial charge in [-0.05, 0) is 30.3 Å². The number of fused-ring (bicyclic) bond motifs is 1. The van der Waals surface area contributed by atoms with E-state index in [-0.39, 0.29) is 17.8 Å². The molecule has 0 saturated carbocycles. The Hall–Kier alpha value is -3.02. The number of anilines is 2. The van der Waals surface area contributed by atoms with Crippen LogP contribution in [0.4, 0.5) is 15.8 Å². The molecule has 0 unspecified atom stereocenters. The highest BCUT2D eigenvalue weighted by atomic mass is 19.1. The molecule has 0 aromatic heterocycles. The van der Waals surface area contributed by atoms with Gasteiger partial charge in [0, 0.05) is 5.69 Å². The van der Waals surface area contributed by atoms with Crippen molar-refractivity contribution in [1.82, 2.24) is 0 Å². The largest absolute Gasteiger partial charge is 0.325 e. The van der Waals surface area contributed by atoms with E-state index in [0.717, 1.165) is 17.0 Å². The molecule has 3 rings (SSSR count). The molecule has 22 heavy (non-hydrogen) atoms. The highest BCUT2D eigenvalue weighted by Gasteiger charge is 2.37. The molecule has 1 heterocycles. The Morgan fingerprint density at radius 1 is 1.09 bits per heavy atom. The summed E-state index contributed by atoms with van der Waals surface area (Å²) in [5.41, 5.74) is 0.807. The van der Waals surface area contributed by atoms with Gasteiger partial charge < -0.3 is 5.32 Å². The van der Waals surface area contributed by atoms with Crippen LogP contribution in [0.15, 0.2) is 48.5 Å². The van der Waals surface area contributed by atoms with Crippen molar-refractivity contribution in [2.45, 2.75) is 0 Å². The molecule has 0 bridgehead atoms. The van der Waals surface area contributed by atoms with Gasteiger partial charge in [0.2, 0.25) is 5.91 Å². The van der Waals surface area contributed by atoms with E-state index >= 15 is 0 Å². The number of benzene rings is 2. The lowest BCUT2D eigenvalue weighted by atomic mass is 10.1. The first-order chi connectivity index (χ1) is 10.6. The summed E-state index contributed by atoms with van der Waals surface area (Å²) < 4.78 is 13.3. The Kier molecular flexibility index (Phi) is 3.42. The number of carbonyl (C=O) groups is 3. The molecule has 0 radical (unpaired) electrons. The maximum atomic E-state index is 13.3. The third kappa shape index (κ3) is 2.46. The van der Waals surface area contributed by atoms with E-state index in [0.29, 0.717) is 5.69 Å². The average molecular weight is 298 g/mol. The van der Waals surface area contributed by atoms with Crippen molar-refractivity contribution in [2.75, 3.05) is 16.8 Å². The highest BCUT2D eigenvalue weighted by Crippen LogP contribution is 2.29. The van der Waals surface area contributed by atoms with Crippen LogP contribution in [0.2, 0.25) is 0 Å². The molecule has 5 nitrogen and oxygen atoms in total. The minimum absolute atomic E-state index is 0.110. The average Bonchev–Trinajstić information content (AvgIpc) is 2.73. The number of para-hydroxylation sites is 1. The molecule has 2 amide bonds. The number of ketones is 1. The lowest BCUT2D eigenvalue weighted by Gasteiger charge is -2.16. The molecule has 0 aliphatic carbocycles. The summed E-state index contributed by atoms with van der Waals surface area (Å²) in [6, 6.07) is 12.1. The standard InChI is InChI=1S/C16H11FN2O3/c17-10-6-7-12-13(8-10)19(16(22)15(12)21)9-14(20)18-11-4-2-1-3-5-11/h1-8H,9H2,(H,18,20). The molecule has 6 heteroatoms. The topological polar surface area (TPSA) is 66.5 Å². The Morgan fingerprint density at radius 2 is 1.82 bits per heavy atom. The molecule has 1 N–H and O–H groups in total. The van der Waals surface area contributed by atoms with Crippen molar-refractivity contribution in [3.63, 3.8) is 0 Å². The van der Waals surface area contributed by atoms with Gasteiger partial charge in [0.05, 0.1) is 11.3 Å². The molecule has 0 spiro atoms. The zero-order valence-electron chi connectivity index (χ0n) is 11.4. The van der Waals surface area contributed by atoms with Crippen LogP contribution in [0, 0.1) is 5.82 Å². The van der Waals surface area contributed by atoms with Crippen molar-refractivity contribution in [3.05, 3.63) is 59.9 Å². The van der Waals surface area contributed by atoms with Gasteiger partial charge in [0.15, 0.2) is 0 Å². The summed E-state index contributed by atoms with van der Waals surface area (Å²) in [7, 11) is 0. The molecule has 2 aromatic carbocycles. The van der Waals surface area contributed by atoms with Crippen LogP contribution in [-0.4, -0.2) is 24.1 Å². The van der Waals surface area contributed by atoms with Gasteiger partial charge in [-0.2, -0.15) is 0 Å². The van der Waals surface area contributed by atoms with Crippen molar-refractivity contribution >= 4 is 29.0 Å². The normalized spacial score (nSPS) is 13.2. The highest BCUT2D eigenvalue weighted by molar-refractivity contribution is 6.52. The number of hydrogen-bond donors (Lipinski definition) is 1. The molecular weight excluding hydrogens is 287 g/mol. The number of amides is 2. The summed E-state index contributed by atoms with van der Waals surface area (Å²) in [6.45, 7) is -0.351. The SMILES string of the molecule is O=C(CN1C(=O)C(=O)c2ccc(F)cc21)Nc1ccccc1. The van der Waals surface area contributed by atoms with Gasteiger partial charge in [-0.15, -0.1) is 0 Å². The van der Waals surface area contributed by atoms with E-state index in [4.69, 9.17) is 0 Å². The van der Waals surface area contributed by atoms with Crippen LogP contribution < -0.4 is 10.2 Å². The predicted octanol–water partition coefficient (Wildman–Crippen LogP) is 1.99. The van der Waals surface area contributed by atoms with Crippen molar-refractivity contribution in [3.8, 4) is 0 Å². The second kappa shape index (κ2) is 5.40. The first kappa shape index (κ1) is 13.9. The smallest absolute Gasteiger partial charge is 0.299 e. The maximum Gasteiger partial charge on any atom is 0.299 e. The fraction of sp³-hybridized carbons (Fsp3) is 0.0625. The van der Waals surface area contributed by atoms with Crippen LogP contribution >= 0.6 is 0 Å². The minimum atomic E-state index is -0.830. The van der Waals surface area contributed by atoms with Crippen LogP contribution in [0.1, 0.15) is 10.4 Å². The Balaban J connectivity index is 1.81. The van der Waals surface area contributed by atoms with Crippen LogP contribution in [0.25, 0.3) is 0 Å². The van der Waals surface area contributed by atoms with Gasteiger partial charge >= 0.3 is 0 Å². The number of nitrogens with one attached hydrogen (secondary N) is 1. The third-order valence-electron chi connectivity index (χ3n) is 3.29. The molecule has 110 valence electrons. The molecule has 0 atom stereocenters. The third-order valence-corrected chi connectivity index (χ3v) is 3.29. The number of carbonyl (C=O) groups excluding carboxylic acids is 3. The van der Waals surface area contributed by atoms with Crippen molar-refractivity contribution in [1.29, 1.82) is 0 Å². The number of hydrogen-bond acceptors (Lipinski definition) is 3. The van der Waals surface area contributed by atoms with E-state index in [9.17, 15) is 18.8 Å². The second-order valence-corrected chi connectivity index (χ2v) is 4.80. The quantitative estimate of drug-likeness (QED) is 0.881. The molecule has 1 aliphatic rings. The first-order valence-electron chi connectivity index (χ1n) is 6.57. The lowest BCUT2D eigenvalue weighted by Crippen LogP contribution is -2.37. The summed E-state index contributed by atoms with van der Waals surface area (Å²) in [6.07, 6.45) is 0. The number of nitrogens with zero attached hydrogens (tertiary/aromatic N) is 1. The van der Waals surface area contributed by atoms with Gasteiger partial charge in [0.1, 0.15) is 12.4 Å². The van der Waals surface area contributed by atoms with E-state index < -0.39 is 23.4 Å². The minimum Gasteiger partial charge on any atom is -0.325 e. The fourth-order valence-electron chi connectivity index (χ4n) is 2.29. The van der Waals surface area contributed by atoms with Crippen molar-refractivity contribution in [2.24, 2.45) is 0 Å². The van der Waals surface area contributed by atoms with E-state index in [1.807, 2.05) is 0 Å². The van der Waals surface area contributed by atoms with Crippen LogP contribution in [0.5, 0.6) is 0 Å². The Morgan fingerprint density at radius 3 is 2.55 bits per heavy atom. The van der Waals surface area contributed by atoms with E-state index in [1.54, 1.807) is 30.3 Å². The molecule has 0 fully saturated rings. The van der Waals surface area contributed by atoms with Crippen LogP contribution in [-0.2, 0) is 9.59 Å². The van der Waals surface area contributed by atoms with Crippen molar-refractivity contribution < 1.29 is 18.8 Å². The van der Waals surface area contributed by atoms with Gasteiger partial charge in [-0.3, -0.25) is 19.3 Å². The zero-order chi connectivity index (χ0) is 15.7. The number of Topliss-reactive ketones (excluding diaryl/α,β-unsaturated/α-hetero) is 1. The summed E-state index contributed by atoms with van der Waals surface area (Å²) in [5, 5.41) is 2.61. The summed E-state index contributed by atoms with van der Waals surface area (Å²) in [5.74, 6) is -2.61. The lowest BCUT2D eigenvalue weighted by molar-refractivity contribution is -0.118. The Labute approximate surface area is 125 Å². The number of halogens is 1. The molecule has 0 saturated heterocycles. The van der Waals surface area contributed by atoms with Gasteiger partial charge in [0.25, 0.3) is 11.7 Å². The van der Waals surface area contributed by atoms with Gasteiger partial charge in [-0.1, -0.05) is 18.2 Å². The van der Waals surface area contributed by atoms with Gasteiger partial charge in [-0.25, -0.2) is 4.39 Å². The van der Waals surface area contributed by atoms with Crippen LogP contribution in [0.3, 0.4) is 0 Å². The van der Waals surface area contributed by atoms with E-state index in [1.165, 1.54) is 6.07 Å². The monoisotopic (exact) mass is 298 g/mol. The fourth-order valence-corrected chi connectivity index (χ4v) is 2.29. The summed E-state index contributed by atoms with van der Waals surface area (Å²) in [4.78, 5) is 36.7. The van der Waals surface area contributed by atoms with E-state index in [2.05, 4.69) is 5.32 Å². The Bertz CT molecular complexity index is 774. The molecular formula is C16H11FN2O3. The molecule has 1 aliphatic heterocycles. The summed E-state index contributed by atoms with van der Waals surface area (Å²) >= 11 is 0. The first-order valence-corrected chi connectivity index (χ1v) is 6.57. The zero-order valence-corrected chi connectivity index (χ0v) is 11.4. The maximum absolute atomic E-state index is 13.3. The predicted molar refractivity (Wildman–Crippen MR) is 78.2 cm³/mol. The second-order valence-electron chi connectivity index (χ2n) is 4.80. The number of rotatable bonds is 3. The molecule has 2 aromatic rings.